The van der Waals surface area contributed by atoms with Crippen LogP contribution in [-0.2, 0) is 0 Å². The number of fused-ring (bicyclic) bond motifs is 1. The molecule has 0 aliphatic carbocycles. The maximum absolute atomic E-state index is 13.8. The van der Waals surface area contributed by atoms with Gasteiger partial charge in [-0.2, -0.15) is 4.37 Å². The van der Waals surface area contributed by atoms with Gasteiger partial charge in [0.1, 0.15) is 17.2 Å². The van der Waals surface area contributed by atoms with E-state index >= 15 is 0 Å². The molecule has 0 radical (unpaired) electrons. The van der Waals surface area contributed by atoms with E-state index in [0.717, 1.165) is 22.2 Å². The molecule has 0 spiro atoms. The predicted molar refractivity (Wildman–Crippen MR) is 81.6 cm³/mol. The van der Waals surface area contributed by atoms with Gasteiger partial charge in [0.05, 0.1) is 4.70 Å². The fraction of sp³-hybridized carbons (Fsp3) is 0. The van der Waals surface area contributed by atoms with Crippen molar-refractivity contribution in [3.63, 3.8) is 0 Å². The number of nitrogens with one attached hydrogen (secondary N) is 1. The molecule has 0 aliphatic rings. The lowest BCUT2D eigenvalue weighted by atomic mass is 10.2. The van der Waals surface area contributed by atoms with Crippen molar-refractivity contribution < 1.29 is 13.6 Å². The second-order valence-electron chi connectivity index (χ2n) is 4.23. The van der Waals surface area contributed by atoms with Crippen LogP contribution in [0.1, 0.15) is 10.4 Å². The third-order valence-electron chi connectivity index (χ3n) is 2.84. The second kappa shape index (κ2) is 5.50. The predicted octanol–water partition coefficient (Wildman–Crippen LogP) is 4.59. The number of carbonyl (C=O) groups is 1. The van der Waals surface area contributed by atoms with Crippen LogP contribution in [0.25, 0.3) is 10.1 Å². The summed E-state index contributed by atoms with van der Waals surface area (Å²) in [7, 11) is 0. The Balaban J connectivity index is 1.97. The number of aromatic nitrogens is 1. The highest BCUT2D eigenvalue weighted by atomic mass is 79.9. The van der Waals surface area contributed by atoms with E-state index < -0.39 is 23.1 Å². The molecule has 21 heavy (non-hydrogen) atoms. The summed E-state index contributed by atoms with van der Waals surface area (Å²) in [5.41, 5.74) is -0.629. The van der Waals surface area contributed by atoms with Crippen molar-refractivity contribution in [1.82, 2.24) is 4.37 Å². The Morgan fingerprint density at radius 2 is 1.86 bits per heavy atom. The van der Waals surface area contributed by atoms with Gasteiger partial charge in [0.25, 0.3) is 5.91 Å². The molecule has 3 rings (SSSR count). The van der Waals surface area contributed by atoms with Crippen molar-refractivity contribution >= 4 is 49.3 Å². The van der Waals surface area contributed by atoms with Crippen molar-refractivity contribution in [3.8, 4) is 0 Å². The zero-order chi connectivity index (χ0) is 15.0. The standard InChI is InChI=1S/C14H7BrF2N2OS/c15-7-5-9(16)12(10(17)6-7)14(20)18-13-8-3-1-2-4-11(8)21-19-13/h1-6H,(H,18,19,20). The zero-order valence-corrected chi connectivity index (χ0v) is 12.8. The average molecular weight is 369 g/mol. The van der Waals surface area contributed by atoms with Crippen LogP contribution < -0.4 is 5.32 Å². The maximum Gasteiger partial charge on any atom is 0.262 e. The summed E-state index contributed by atoms with van der Waals surface area (Å²) in [5.74, 6) is -2.44. The topological polar surface area (TPSA) is 42.0 Å². The number of nitrogens with zero attached hydrogens (tertiary/aromatic N) is 1. The third-order valence-corrected chi connectivity index (χ3v) is 4.13. The number of carbonyl (C=O) groups excluding carboxylic acids is 1. The molecular formula is C14H7BrF2N2OS. The number of halogens is 3. The molecule has 1 amide bonds. The summed E-state index contributed by atoms with van der Waals surface area (Å²) in [6, 6.07) is 9.36. The van der Waals surface area contributed by atoms with Crippen LogP contribution in [0.3, 0.4) is 0 Å². The highest BCUT2D eigenvalue weighted by molar-refractivity contribution is 9.10. The number of hydrogen-bond donors (Lipinski definition) is 1. The summed E-state index contributed by atoms with van der Waals surface area (Å²) < 4.78 is 32.7. The average Bonchev–Trinajstić information content (AvgIpc) is 2.81. The van der Waals surface area contributed by atoms with E-state index in [1.165, 1.54) is 11.5 Å². The lowest BCUT2D eigenvalue weighted by Gasteiger charge is -2.06. The summed E-state index contributed by atoms with van der Waals surface area (Å²) in [4.78, 5) is 12.1. The van der Waals surface area contributed by atoms with Gasteiger partial charge in [0.15, 0.2) is 5.82 Å². The minimum atomic E-state index is -0.932. The summed E-state index contributed by atoms with van der Waals surface area (Å²) >= 11 is 4.17. The molecule has 3 nitrogen and oxygen atoms in total. The van der Waals surface area contributed by atoms with Gasteiger partial charge < -0.3 is 5.32 Å². The van der Waals surface area contributed by atoms with Crippen LogP contribution in [0.15, 0.2) is 40.9 Å². The fourth-order valence-electron chi connectivity index (χ4n) is 1.91. The van der Waals surface area contributed by atoms with Crippen molar-refractivity contribution in [1.29, 1.82) is 0 Å². The first-order valence-corrected chi connectivity index (χ1v) is 7.43. The molecule has 1 N–H and O–H groups in total. The van der Waals surface area contributed by atoms with Crippen LogP contribution in [0.4, 0.5) is 14.6 Å². The molecule has 0 unspecified atom stereocenters. The Labute approximate surface area is 130 Å². The van der Waals surface area contributed by atoms with Gasteiger partial charge in [-0.3, -0.25) is 4.79 Å². The molecule has 0 bridgehead atoms. The first-order chi connectivity index (χ1) is 10.1. The molecule has 7 heteroatoms. The van der Waals surface area contributed by atoms with E-state index in [9.17, 15) is 13.6 Å². The second-order valence-corrected chi connectivity index (χ2v) is 5.95. The molecule has 0 atom stereocenters. The molecule has 1 aromatic heterocycles. The molecule has 1 heterocycles. The fourth-order valence-corrected chi connectivity index (χ4v) is 3.04. The minimum Gasteiger partial charge on any atom is -0.305 e. The first-order valence-electron chi connectivity index (χ1n) is 5.86. The molecule has 3 aromatic rings. The number of rotatable bonds is 2. The molecule has 0 fully saturated rings. The van der Waals surface area contributed by atoms with E-state index in [2.05, 4.69) is 25.6 Å². The number of anilines is 1. The molecule has 106 valence electrons. The Bertz CT molecular complexity index is 827. The Morgan fingerprint density at radius 3 is 2.57 bits per heavy atom. The molecule has 0 saturated carbocycles. The Morgan fingerprint density at radius 1 is 1.19 bits per heavy atom. The van der Waals surface area contributed by atoms with Gasteiger partial charge >= 0.3 is 0 Å². The summed E-state index contributed by atoms with van der Waals surface area (Å²) in [6.45, 7) is 0. The molecular weight excluding hydrogens is 362 g/mol. The van der Waals surface area contributed by atoms with Crippen molar-refractivity contribution in [2.75, 3.05) is 5.32 Å². The Kier molecular flexibility index (Phi) is 3.69. The van der Waals surface area contributed by atoms with E-state index in [0.29, 0.717) is 5.82 Å². The van der Waals surface area contributed by atoms with Crippen molar-refractivity contribution in [2.45, 2.75) is 0 Å². The summed E-state index contributed by atoms with van der Waals surface area (Å²) in [6.07, 6.45) is 0. The van der Waals surface area contributed by atoms with Crippen LogP contribution in [0.2, 0.25) is 0 Å². The first kappa shape index (κ1) is 14.1. The molecule has 0 saturated heterocycles. The molecule has 2 aromatic carbocycles. The van der Waals surface area contributed by atoms with Crippen molar-refractivity contribution in [2.24, 2.45) is 0 Å². The quantitative estimate of drug-likeness (QED) is 0.718. The Hall–Kier alpha value is -1.86. The van der Waals surface area contributed by atoms with Crippen LogP contribution >= 0.6 is 27.5 Å². The van der Waals surface area contributed by atoms with E-state index in [1.54, 1.807) is 12.1 Å². The van der Waals surface area contributed by atoms with Gasteiger partial charge in [0, 0.05) is 9.86 Å². The van der Waals surface area contributed by atoms with E-state index in [-0.39, 0.29) is 4.47 Å². The lowest BCUT2D eigenvalue weighted by Crippen LogP contribution is -2.16. The SMILES string of the molecule is O=C(Nc1nsc2ccccc12)c1c(F)cc(Br)cc1F. The maximum atomic E-state index is 13.8. The highest BCUT2D eigenvalue weighted by Crippen LogP contribution is 2.27. The van der Waals surface area contributed by atoms with Gasteiger partial charge in [-0.25, -0.2) is 8.78 Å². The van der Waals surface area contributed by atoms with Gasteiger partial charge in [-0.1, -0.05) is 28.1 Å². The van der Waals surface area contributed by atoms with Gasteiger partial charge in [0.2, 0.25) is 0 Å². The normalized spacial score (nSPS) is 10.8. The monoisotopic (exact) mass is 368 g/mol. The van der Waals surface area contributed by atoms with Gasteiger partial charge in [-0.05, 0) is 35.8 Å². The smallest absolute Gasteiger partial charge is 0.262 e. The van der Waals surface area contributed by atoms with Crippen molar-refractivity contribution in [3.05, 3.63) is 58.1 Å². The summed E-state index contributed by atoms with van der Waals surface area (Å²) in [5, 5.41) is 3.18. The zero-order valence-electron chi connectivity index (χ0n) is 10.4. The lowest BCUT2D eigenvalue weighted by molar-refractivity contribution is 0.101. The van der Waals surface area contributed by atoms with E-state index in [4.69, 9.17) is 0 Å². The van der Waals surface area contributed by atoms with Gasteiger partial charge in [-0.15, -0.1) is 0 Å². The number of benzene rings is 2. The molecule has 0 aliphatic heterocycles. The third kappa shape index (κ3) is 2.66. The number of hydrogen-bond acceptors (Lipinski definition) is 3. The van der Waals surface area contributed by atoms with E-state index in [1.807, 2.05) is 12.1 Å². The van der Waals surface area contributed by atoms with Crippen LogP contribution in [-0.4, -0.2) is 10.3 Å². The highest BCUT2D eigenvalue weighted by Gasteiger charge is 2.20. The number of amides is 1. The minimum absolute atomic E-state index is 0.230. The largest absolute Gasteiger partial charge is 0.305 e. The van der Waals surface area contributed by atoms with Crippen LogP contribution in [0, 0.1) is 11.6 Å². The van der Waals surface area contributed by atoms with Crippen LogP contribution in [0.5, 0.6) is 0 Å².